The normalized spacial score (nSPS) is 14.5. The number of rotatable bonds is 7. The maximum Gasteiger partial charge on any atom is 0.225 e. The van der Waals surface area contributed by atoms with E-state index in [1.54, 1.807) is 0 Å². The van der Waals surface area contributed by atoms with Crippen LogP contribution in [0.25, 0.3) is 33.3 Å². The van der Waals surface area contributed by atoms with Crippen molar-refractivity contribution in [3.05, 3.63) is 67.0 Å². The number of aromatic amines is 1. The fourth-order valence-electron chi connectivity index (χ4n) is 4.61. The summed E-state index contributed by atoms with van der Waals surface area (Å²) >= 11 is 0. The summed E-state index contributed by atoms with van der Waals surface area (Å²) < 4.78 is 0. The number of nitrogens with zero attached hydrogens (tertiary/aromatic N) is 4. The van der Waals surface area contributed by atoms with Crippen LogP contribution in [-0.4, -0.2) is 79.5 Å². The zero-order chi connectivity index (χ0) is 25.1. The molecule has 7 nitrogen and oxygen atoms in total. The molecule has 2 N–H and O–H groups in total. The summed E-state index contributed by atoms with van der Waals surface area (Å²) in [5.41, 5.74) is 7.38. The van der Waals surface area contributed by atoms with Crippen LogP contribution < -0.4 is 10.2 Å². The molecule has 3 heterocycles. The number of fused-ring (bicyclic) bond motifs is 1. The number of anilines is 2. The Morgan fingerprint density at radius 3 is 2.36 bits per heavy atom. The summed E-state index contributed by atoms with van der Waals surface area (Å²) in [7, 11) is 6.11. The molecule has 2 aromatic carbocycles. The lowest BCUT2D eigenvalue weighted by molar-refractivity contribution is -0.116. The molecule has 1 aliphatic heterocycles. The van der Waals surface area contributed by atoms with Gasteiger partial charge in [0.1, 0.15) is 5.65 Å². The zero-order valence-electron chi connectivity index (χ0n) is 21.3. The average Bonchev–Trinajstić information content (AvgIpc) is 3.32. The van der Waals surface area contributed by atoms with E-state index in [9.17, 15) is 4.79 Å². The number of carbonyl (C=O) groups excluding carboxylic acids is 1. The van der Waals surface area contributed by atoms with E-state index >= 15 is 0 Å². The minimum Gasteiger partial charge on any atom is -0.369 e. The van der Waals surface area contributed by atoms with E-state index in [-0.39, 0.29) is 5.91 Å². The van der Waals surface area contributed by atoms with Gasteiger partial charge in [0.15, 0.2) is 0 Å². The van der Waals surface area contributed by atoms with Gasteiger partial charge >= 0.3 is 0 Å². The van der Waals surface area contributed by atoms with Gasteiger partial charge in [0.25, 0.3) is 0 Å². The highest BCUT2D eigenvalue weighted by Gasteiger charge is 2.15. The lowest BCUT2D eigenvalue weighted by atomic mass is 10.0. The number of aromatic nitrogens is 2. The minimum atomic E-state index is 0.0241. The quantitative estimate of drug-likeness (QED) is 0.405. The van der Waals surface area contributed by atoms with Gasteiger partial charge in [-0.1, -0.05) is 24.3 Å². The van der Waals surface area contributed by atoms with Crippen LogP contribution in [0, 0.1) is 0 Å². The Hall–Kier alpha value is -3.68. The summed E-state index contributed by atoms with van der Waals surface area (Å²) in [5, 5.41) is 4.06. The Labute approximate surface area is 212 Å². The lowest BCUT2D eigenvalue weighted by Gasteiger charge is -2.34. The van der Waals surface area contributed by atoms with Crippen LogP contribution in [0.15, 0.2) is 67.0 Å². The highest BCUT2D eigenvalue weighted by atomic mass is 16.1. The van der Waals surface area contributed by atoms with E-state index in [1.807, 2.05) is 55.7 Å². The molecule has 0 aliphatic carbocycles. The summed E-state index contributed by atoms with van der Waals surface area (Å²) in [6.07, 6.45) is 4.41. The third kappa shape index (κ3) is 5.42. The van der Waals surface area contributed by atoms with Gasteiger partial charge in [-0.2, -0.15) is 0 Å². The van der Waals surface area contributed by atoms with E-state index in [4.69, 9.17) is 0 Å². The Balaban J connectivity index is 1.33. The number of likely N-dealkylation sites (N-methyl/N-ethyl adjacent to an activating group) is 1. The SMILES string of the molecule is CN(C)CCC(=O)Nc1ccc(-c2c[nH]c3ncc(-c4ccc(N5CCN(C)CC5)cc4)cc23)cc1. The minimum absolute atomic E-state index is 0.0241. The molecule has 4 aromatic rings. The van der Waals surface area contributed by atoms with Gasteiger partial charge in [0.05, 0.1) is 0 Å². The first kappa shape index (κ1) is 24.0. The van der Waals surface area contributed by atoms with Crippen molar-refractivity contribution in [1.29, 1.82) is 0 Å². The second-order valence-corrected chi connectivity index (χ2v) is 9.84. The molecule has 2 aromatic heterocycles. The molecule has 0 bridgehead atoms. The molecule has 1 saturated heterocycles. The van der Waals surface area contributed by atoms with Crippen LogP contribution in [0.4, 0.5) is 11.4 Å². The molecule has 1 aliphatic rings. The third-order valence-electron chi connectivity index (χ3n) is 6.87. The fourth-order valence-corrected chi connectivity index (χ4v) is 4.61. The van der Waals surface area contributed by atoms with Crippen molar-refractivity contribution in [2.24, 2.45) is 0 Å². The number of benzene rings is 2. The van der Waals surface area contributed by atoms with Crippen LogP contribution >= 0.6 is 0 Å². The van der Waals surface area contributed by atoms with Crippen LogP contribution in [0.1, 0.15) is 6.42 Å². The van der Waals surface area contributed by atoms with E-state index in [1.165, 1.54) is 5.69 Å². The second-order valence-electron chi connectivity index (χ2n) is 9.84. The van der Waals surface area contributed by atoms with Crippen molar-refractivity contribution in [2.45, 2.75) is 6.42 Å². The monoisotopic (exact) mass is 482 g/mol. The van der Waals surface area contributed by atoms with E-state index < -0.39 is 0 Å². The predicted octanol–water partition coefficient (Wildman–Crippen LogP) is 4.54. The van der Waals surface area contributed by atoms with Crippen molar-refractivity contribution in [2.75, 3.05) is 64.1 Å². The average molecular weight is 483 g/mol. The smallest absolute Gasteiger partial charge is 0.225 e. The first-order chi connectivity index (χ1) is 17.5. The molecule has 0 saturated carbocycles. The molecular formula is C29H34N6O. The van der Waals surface area contributed by atoms with Gasteiger partial charge in [-0.15, -0.1) is 0 Å². The summed E-state index contributed by atoms with van der Waals surface area (Å²) in [5.74, 6) is 0.0241. The van der Waals surface area contributed by atoms with E-state index in [2.05, 4.69) is 62.5 Å². The van der Waals surface area contributed by atoms with Crippen LogP contribution in [0.5, 0.6) is 0 Å². The van der Waals surface area contributed by atoms with Gasteiger partial charge in [-0.3, -0.25) is 4.79 Å². The van der Waals surface area contributed by atoms with E-state index in [0.29, 0.717) is 6.42 Å². The number of hydrogen-bond donors (Lipinski definition) is 2. The van der Waals surface area contributed by atoms with Crippen LogP contribution in [0.3, 0.4) is 0 Å². The first-order valence-corrected chi connectivity index (χ1v) is 12.5. The van der Waals surface area contributed by atoms with Crippen molar-refractivity contribution in [3.8, 4) is 22.3 Å². The van der Waals surface area contributed by atoms with Gasteiger partial charge in [-0.05, 0) is 62.6 Å². The fraction of sp³-hybridized carbons (Fsp3) is 0.310. The third-order valence-corrected chi connectivity index (χ3v) is 6.87. The van der Waals surface area contributed by atoms with Gasteiger partial charge in [-0.25, -0.2) is 4.98 Å². The molecule has 186 valence electrons. The second kappa shape index (κ2) is 10.5. The van der Waals surface area contributed by atoms with Crippen molar-refractivity contribution >= 4 is 28.3 Å². The predicted molar refractivity (Wildman–Crippen MR) is 148 cm³/mol. The molecule has 0 spiro atoms. The zero-order valence-corrected chi connectivity index (χ0v) is 21.3. The molecule has 36 heavy (non-hydrogen) atoms. The Morgan fingerprint density at radius 1 is 0.972 bits per heavy atom. The molecule has 5 rings (SSSR count). The number of nitrogens with one attached hydrogen (secondary N) is 2. The number of pyridine rings is 1. The topological polar surface area (TPSA) is 67.5 Å². The van der Waals surface area contributed by atoms with Crippen LogP contribution in [-0.2, 0) is 4.79 Å². The van der Waals surface area contributed by atoms with Crippen LogP contribution in [0.2, 0.25) is 0 Å². The number of H-pyrrole nitrogens is 1. The number of carbonyl (C=O) groups is 1. The molecule has 0 unspecified atom stereocenters. The molecular weight excluding hydrogens is 448 g/mol. The summed E-state index contributed by atoms with van der Waals surface area (Å²) in [6.45, 7) is 5.06. The van der Waals surface area contributed by atoms with Gasteiger partial charge < -0.3 is 25.0 Å². The number of amides is 1. The number of hydrogen-bond acceptors (Lipinski definition) is 5. The molecule has 1 fully saturated rings. The first-order valence-electron chi connectivity index (χ1n) is 12.5. The van der Waals surface area contributed by atoms with Crippen molar-refractivity contribution < 1.29 is 4.79 Å². The van der Waals surface area contributed by atoms with Crippen molar-refractivity contribution in [3.63, 3.8) is 0 Å². The maximum absolute atomic E-state index is 12.1. The molecule has 1 amide bonds. The number of piperazine rings is 1. The highest BCUT2D eigenvalue weighted by Crippen LogP contribution is 2.32. The molecule has 0 atom stereocenters. The standard InChI is InChI=1S/C29H34N6O/c1-33(2)13-12-28(36)32-24-8-4-22(5-9-24)27-20-31-29-26(27)18-23(19-30-29)21-6-10-25(11-7-21)35-16-14-34(3)15-17-35/h4-11,18-20H,12-17H2,1-3H3,(H,30,31)(H,32,36). The van der Waals surface area contributed by atoms with Crippen molar-refractivity contribution in [1.82, 2.24) is 19.8 Å². The Bertz CT molecular complexity index is 1320. The Kier molecular flexibility index (Phi) is 7.02. The van der Waals surface area contributed by atoms with Gasteiger partial charge in [0, 0.05) is 79.4 Å². The largest absolute Gasteiger partial charge is 0.369 e. The van der Waals surface area contributed by atoms with Gasteiger partial charge in [0.2, 0.25) is 5.91 Å². The maximum atomic E-state index is 12.1. The highest BCUT2D eigenvalue weighted by molar-refractivity contribution is 5.96. The molecule has 7 heteroatoms. The lowest BCUT2D eigenvalue weighted by Crippen LogP contribution is -2.44. The summed E-state index contributed by atoms with van der Waals surface area (Å²) in [6, 6.07) is 19.0. The Morgan fingerprint density at radius 2 is 1.67 bits per heavy atom. The van der Waals surface area contributed by atoms with E-state index in [0.717, 1.165) is 71.7 Å². The summed E-state index contributed by atoms with van der Waals surface area (Å²) in [4.78, 5) is 27.0. The molecule has 0 radical (unpaired) electrons.